The highest BCUT2D eigenvalue weighted by Gasteiger charge is 2.39. The lowest BCUT2D eigenvalue weighted by atomic mass is 10.1. The molecule has 4 rings (SSSR count). The highest BCUT2D eigenvalue weighted by molar-refractivity contribution is 7.89. The van der Waals surface area contributed by atoms with Gasteiger partial charge < -0.3 is 0 Å². The number of nitrogens with one attached hydrogen (secondary N) is 1. The third-order valence-corrected chi connectivity index (χ3v) is 6.97. The molecule has 14 heteroatoms. The first-order valence-electron chi connectivity index (χ1n) is 10.4. The van der Waals surface area contributed by atoms with Crippen LogP contribution >= 0.6 is 0 Å². The van der Waals surface area contributed by atoms with Crippen molar-refractivity contribution in [1.82, 2.24) is 19.3 Å². The van der Waals surface area contributed by atoms with Gasteiger partial charge in [0.25, 0.3) is 0 Å². The van der Waals surface area contributed by atoms with E-state index in [1.807, 2.05) is 6.07 Å². The second kappa shape index (κ2) is 9.16. The summed E-state index contributed by atoms with van der Waals surface area (Å²) >= 11 is 0. The van der Waals surface area contributed by atoms with Crippen LogP contribution in [0.15, 0.2) is 47.5 Å². The summed E-state index contributed by atoms with van der Waals surface area (Å²) < 4.78 is 108. The van der Waals surface area contributed by atoms with Crippen molar-refractivity contribution < 1.29 is 34.8 Å². The molecule has 1 atom stereocenters. The fourth-order valence-corrected chi connectivity index (χ4v) is 4.79. The number of halogens is 6. The van der Waals surface area contributed by atoms with Crippen LogP contribution in [0.5, 0.6) is 0 Å². The van der Waals surface area contributed by atoms with E-state index in [9.17, 15) is 40.0 Å². The van der Waals surface area contributed by atoms with Crippen molar-refractivity contribution in [3.8, 4) is 23.3 Å². The SMILES string of the molecule is Cc1cc2c(cc1F)c(C#N)c(-c1ccc(S(=O)(=O)NC(C)C(F)(F)F)cn1)n2-c1cc(F)cc(F)n1. The smallest absolute Gasteiger partial charge is 0.291 e. The van der Waals surface area contributed by atoms with Crippen LogP contribution in [0, 0.1) is 35.8 Å². The summed E-state index contributed by atoms with van der Waals surface area (Å²) in [6.07, 6.45) is -4.07. The Balaban J connectivity index is 1.94. The Hall–Kier alpha value is -3.96. The predicted molar refractivity (Wildman–Crippen MR) is 119 cm³/mol. The molecule has 0 amide bonds. The highest BCUT2D eigenvalue weighted by Crippen LogP contribution is 2.36. The zero-order valence-electron chi connectivity index (χ0n) is 18.9. The van der Waals surface area contributed by atoms with Crippen LogP contribution in [0.2, 0.25) is 0 Å². The molecule has 1 aromatic carbocycles. The van der Waals surface area contributed by atoms with Crippen LogP contribution in [0.3, 0.4) is 0 Å². The summed E-state index contributed by atoms with van der Waals surface area (Å²) in [5.41, 5.74) is -0.0477. The predicted octanol–water partition coefficient (Wildman–Crippen LogP) is 4.91. The van der Waals surface area contributed by atoms with Gasteiger partial charge in [-0.05, 0) is 43.7 Å². The van der Waals surface area contributed by atoms with Gasteiger partial charge in [0, 0.05) is 23.7 Å². The highest BCUT2D eigenvalue weighted by atomic mass is 32.2. The standard InChI is InChI=1S/C23H15F6N5O2S/c1-11-5-19-15(8-17(11)25)16(9-30)22(34(19)21-7-13(24)6-20(26)32-21)18-4-3-14(10-31-18)37(35,36)33-12(2)23(27,28)29/h3-8,10,12,33H,1-2H3. The van der Waals surface area contributed by atoms with Gasteiger partial charge in [-0.3, -0.25) is 9.55 Å². The lowest BCUT2D eigenvalue weighted by Gasteiger charge is -2.17. The number of rotatable bonds is 5. The molecule has 37 heavy (non-hydrogen) atoms. The molecule has 4 aromatic rings. The molecule has 3 aromatic heterocycles. The van der Waals surface area contributed by atoms with E-state index >= 15 is 0 Å². The Morgan fingerprint density at radius 1 is 1.11 bits per heavy atom. The molecule has 0 saturated carbocycles. The average Bonchev–Trinajstić information content (AvgIpc) is 3.11. The third kappa shape index (κ3) is 4.87. The zero-order chi connectivity index (χ0) is 27.3. The van der Waals surface area contributed by atoms with Gasteiger partial charge >= 0.3 is 6.18 Å². The molecule has 192 valence electrons. The molecule has 0 saturated heterocycles. The molecule has 1 unspecified atom stereocenters. The second-order valence-electron chi connectivity index (χ2n) is 8.02. The minimum atomic E-state index is -4.83. The molecule has 0 bridgehead atoms. The number of pyridine rings is 2. The van der Waals surface area contributed by atoms with Gasteiger partial charge in [0.2, 0.25) is 16.0 Å². The fraction of sp³-hybridized carbons (Fsp3) is 0.174. The summed E-state index contributed by atoms with van der Waals surface area (Å²) in [6, 6.07) is 5.34. The van der Waals surface area contributed by atoms with Crippen LogP contribution in [0.4, 0.5) is 26.3 Å². The molecule has 0 radical (unpaired) electrons. The Kier molecular flexibility index (Phi) is 6.47. The normalized spacial score (nSPS) is 13.1. The third-order valence-electron chi connectivity index (χ3n) is 5.45. The molecule has 0 aliphatic carbocycles. The van der Waals surface area contributed by atoms with Crippen LogP contribution in [-0.4, -0.2) is 35.2 Å². The van der Waals surface area contributed by atoms with Gasteiger partial charge in [-0.2, -0.15) is 27.5 Å². The zero-order valence-corrected chi connectivity index (χ0v) is 19.7. The maximum absolute atomic E-state index is 14.4. The van der Waals surface area contributed by atoms with Crippen LogP contribution in [0.1, 0.15) is 18.1 Å². The number of hydrogen-bond donors (Lipinski definition) is 1. The number of nitrogens with zero attached hydrogens (tertiary/aromatic N) is 4. The van der Waals surface area contributed by atoms with Crippen molar-refractivity contribution in [2.24, 2.45) is 0 Å². The number of fused-ring (bicyclic) bond motifs is 1. The molecule has 0 aliphatic rings. The van der Waals surface area contributed by atoms with E-state index < -0.39 is 44.7 Å². The fourth-order valence-electron chi connectivity index (χ4n) is 3.62. The molecule has 0 spiro atoms. The van der Waals surface area contributed by atoms with E-state index in [2.05, 4.69) is 9.97 Å². The van der Waals surface area contributed by atoms with E-state index in [4.69, 9.17) is 0 Å². The molecular formula is C23H15F6N5O2S. The summed E-state index contributed by atoms with van der Waals surface area (Å²) in [5.74, 6) is -3.15. The Bertz CT molecular complexity index is 1660. The number of hydrogen-bond acceptors (Lipinski definition) is 5. The minimum absolute atomic E-state index is 0.0613. The van der Waals surface area contributed by atoms with Crippen molar-refractivity contribution in [3.63, 3.8) is 0 Å². The topological polar surface area (TPSA) is 101 Å². The Labute approximate surface area is 206 Å². The van der Waals surface area contributed by atoms with E-state index in [1.54, 1.807) is 0 Å². The van der Waals surface area contributed by atoms with Gasteiger partial charge in [-0.15, -0.1) is 0 Å². The summed E-state index contributed by atoms with van der Waals surface area (Å²) in [7, 11) is -4.63. The average molecular weight is 539 g/mol. The largest absolute Gasteiger partial charge is 0.404 e. The first-order valence-corrected chi connectivity index (χ1v) is 11.8. The number of benzene rings is 1. The maximum atomic E-state index is 14.4. The van der Waals surface area contributed by atoms with Gasteiger partial charge in [0.15, 0.2) is 0 Å². The van der Waals surface area contributed by atoms with Gasteiger partial charge in [-0.25, -0.2) is 22.2 Å². The molecular weight excluding hydrogens is 524 g/mol. The first-order chi connectivity index (χ1) is 17.2. The maximum Gasteiger partial charge on any atom is 0.404 e. The van der Waals surface area contributed by atoms with Crippen molar-refractivity contribution >= 4 is 20.9 Å². The second-order valence-corrected chi connectivity index (χ2v) is 9.73. The lowest BCUT2D eigenvalue weighted by Crippen LogP contribution is -2.42. The van der Waals surface area contributed by atoms with Crippen LogP contribution in [-0.2, 0) is 10.0 Å². The number of aromatic nitrogens is 3. The molecule has 0 aliphatic heterocycles. The Morgan fingerprint density at radius 3 is 2.38 bits per heavy atom. The summed E-state index contributed by atoms with van der Waals surface area (Å²) in [5, 5.41) is 9.93. The Morgan fingerprint density at radius 2 is 1.81 bits per heavy atom. The molecule has 3 heterocycles. The monoisotopic (exact) mass is 539 g/mol. The summed E-state index contributed by atoms with van der Waals surface area (Å²) in [4.78, 5) is 7.04. The molecule has 7 nitrogen and oxygen atoms in total. The van der Waals surface area contributed by atoms with Crippen molar-refractivity contribution in [1.29, 1.82) is 5.26 Å². The van der Waals surface area contributed by atoms with Crippen LogP contribution in [0.25, 0.3) is 28.1 Å². The quantitative estimate of drug-likeness (QED) is 0.287. The van der Waals surface area contributed by atoms with Crippen LogP contribution < -0.4 is 4.72 Å². The van der Waals surface area contributed by atoms with E-state index in [1.165, 1.54) is 17.7 Å². The van der Waals surface area contributed by atoms with E-state index in [0.29, 0.717) is 13.0 Å². The van der Waals surface area contributed by atoms with E-state index in [-0.39, 0.29) is 39.2 Å². The summed E-state index contributed by atoms with van der Waals surface area (Å²) in [6.45, 7) is 2.06. The van der Waals surface area contributed by atoms with Gasteiger partial charge in [-0.1, -0.05) is 0 Å². The number of sulfonamides is 1. The van der Waals surface area contributed by atoms with Crippen molar-refractivity contribution in [2.45, 2.75) is 31.0 Å². The molecule has 0 fully saturated rings. The molecule has 1 N–H and O–H groups in total. The first kappa shape index (κ1) is 26.1. The van der Waals surface area contributed by atoms with Crippen molar-refractivity contribution in [3.05, 3.63) is 71.3 Å². The number of alkyl halides is 3. The number of nitriles is 1. The minimum Gasteiger partial charge on any atom is -0.291 e. The number of aryl methyl sites for hydroxylation is 1. The van der Waals surface area contributed by atoms with Gasteiger partial charge in [0.1, 0.15) is 34.5 Å². The van der Waals surface area contributed by atoms with Crippen molar-refractivity contribution in [2.75, 3.05) is 0 Å². The van der Waals surface area contributed by atoms with Gasteiger partial charge in [0.05, 0.1) is 22.5 Å². The van der Waals surface area contributed by atoms with E-state index in [0.717, 1.165) is 35.0 Å². The lowest BCUT2D eigenvalue weighted by molar-refractivity contribution is -0.147.